The number of hydrogen-bond donors (Lipinski definition) is 2. The molecule has 2 unspecified atom stereocenters. The fourth-order valence-electron chi connectivity index (χ4n) is 11.7. The van der Waals surface area contributed by atoms with Crippen molar-refractivity contribution < 1.29 is 24.5 Å². The number of carbonyl (C=O) groups is 2. The molecule has 1 aromatic carbocycles. The van der Waals surface area contributed by atoms with E-state index in [9.17, 15) is 19.8 Å². The number of benzene rings is 1. The first kappa shape index (κ1) is 31.6. The van der Waals surface area contributed by atoms with Gasteiger partial charge in [-0.1, -0.05) is 90.4 Å². The lowest BCUT2D eigenvalue weighted by Gasteiger charge is -2.71. The molecule has 5 aliphatic rings. The van der Waals surface area contributed by atoms with Gasteiger partial charge >= 0.3 is 11.9 Å². The SMILES string of the molecule is CC1(C)C[C@H]2C3=CC[C@@H]4[C@@]5(C)CCC(O)C(C)(C)[C@@H]5CC[C@@]4(C)[C@]3(C)CC[C@@]2(C(=O)O)CC1OC(=O)/C=C/c1ccccc1. The van der Waals surface area contributed by atoms with E-state index in [1.54, 1.807) is 6.08 Å². The van der Waals surface area contributed by atoms with E-state index in [4.69, 9.17) is 4.74 Å². The molecule has 4 saturated carbocycles. The van der Waals surface area contributed by atoms with Gasteiger partial charge in [-0.15, -0.1) is 0 Å². The second kappa shape index (κ2) is 10.3. The fraction of sp³-hybridized carbons (Fsp3) is 0.692. The van der Waals surface area contributed by atoms with Crippen molar-refractivity contribution in [2.75, 3.05) is 0 Å². The molecule has 9 atom stereocenters. The Morgan fingerprint density at radius 2 is 1.59 bits per heavy atom. The van der Waals surface area contributed by atoms with E-state index >= 15 is 0 Å². The number of hydrogen-bond acceptors (Lipinski definition) is 4. The van der Waals surface area contributed by atoms with Crippen molar-refractivity contribution >= 4 is 18.0 Å². The molecular formula is C39H54O5. The van der Waals surface area contributed by atoms with Crippen molar-refractivity contribution in [3.8, 4) is 0 Å². The maximum atomic E-state index is 13.3. The molecule has 5 nitrogen and oxygen atoms in total. The lowest BCUT2D eigenvalue weighted by molar-refractivity contribution is -0.210. The van der Waals surface area contributed by atoms with Gasteiger partial charge in [0, 0.05) is 17.9 Å². The first-order chi connectivity index (χ1) is 20.5. The summed E-state index contributed by atoms with van der Waals surface area (Å²) in [6.07, 6.45) is 12.6. The van der Waals surface area contributed by atoms with Crippen molar-refractivity contribution in [2.45, 2.75) is 118 Å². The van der Waals surface area contributed by atoms with Crippen LogP contribution in [0.2, 0.25) is 0 Å². The van der Waals surface area contributed by atoms with Gasteiger partial charge in [0.05, 0.1) is 11.5 Å². The van der Waals surface area contributed by atoms with Gasteiger partial charge in [0.1, 0.15) is 6.10 Å². The molecule has 5 heteroatoms. The Morgan fingerprint density at radius 1 is 0.886 bits per heavy atom. The molecule has 240 valence electrons. The van der Waals surface area contributed by atoms with Gasteiger partial charge in [0.15, 0.2) is 0 Å². The molecule has 4 fully saturated rings. The van der Waals surface area contributed by atoms with Crippen molar-refractivity contribution in [1.29, 1.82) is 0 Å². The van der Waals surface area contributed by atoms with Gasteiger partial charge in [-0.2, -0.15) is 0 Å². The number of aliphatic hydroxyl groups excluding tert-OH is 1. The average molecular weight is 603 g/mol. The molecule has 0 aliphatic heterocycles. The Kier molecular flexibility index (Phi) is 7.40. The van der Waals surface area contributed by atoms with Crippen LogP contribution >= 0.6 is 0 Å². The maximum Gasteiger partial charge on any atom is 0.331 e. The molecule has 0 aromatic heterocycles. The van der Waals surface area contributed by atoms with Crippen LogP contribution in [-0.4, -0.2) is 34.4 Å². The molecule has 0 amide bonds. The predicted octanol–water partition coefficient (Wildman–Crippen LogP) is 8.47. The Morgan fingerprint density at radius 3 is 2.27 bits per heavy atom. The van der Waals surface area contributed by atoms with E-state index in [0.717, 1.165) is 44.1 Å². The number of carbonyl (C=O) groups excluding carboxylic acids is 1. The summed E-state index contributed by atoms with van der Waals surface area (Å²) in [7, 11) is 0. The van der Waals surface area contributed by atoms with E-state index in [1.165, 1.54) is 11.6 Å². The third kappa shape index (κ3) is 4.42. The lowest BCUT2D eigenvalue weighted by Crippen LogP contribution is -2.65. The summed E-state index contributed by atoms with van der Waals surface area (Å²) >= 11 is 0. The van der Waals surface area contributed by atoms with Crippen LogP contribution in [0.25, 0.3) is 6.08 Å². The molecule has 5 aliphatic carbocycles. The first-order valence-electron chi connectivity index (χ1n) is 17.1. The number of carboxylic acid groups (broad SMARTS) is 1. The standard InChI is InChI=1S/C39H54O5/c1-34(2)23-27-26-14-15-29-36(5)19-18-30(40)35(3,4)28(36)17-20-38(29,7)37(26,6)21-22-39(27,33(42)43)24-31(34)44-32(41)16-13-25-11-9-8-10-12-25/h8-14,16,27-31,40H,15,17-24H2,1-7H3,(H,42,43)/b16-13+/t27-,28-,29+,30?,31?,36-,37+,38+,39+/m0/s1. The molecule has 0 radical (unpaired) electrons. The smallest absolute Gasteiger partial charge is 0.331 e. The molecular weight excluding hydrogens is 548 g/mol. The molecule has 0 spiro atoms. The Hall–Kier alpha value is -2.40. The Bertz CT molecular complexity index is 1370. The van der Waals surface area contributed by atoms with Gasteiger partial charge < -0.3 is 14.9 Å². The van der Waals surface area contributed by atoms with Crippen molar-refractivity contribution in [2.24, 2.45) is 50.2 Å². The highest BCUT2D eigenvalue weighted by molar-refractivity contribution is 5.87. The number of carboxylic acids is 1. The van der Waals surface area contributed by atoms with Crippen LogP contribution in [0.3, 0.4) is 0 Å². The van der Waals surface area contributed by atoms with Crippen LogP contribution in [0.15, 0.2) is 48.1 Å². The average Bonchev–Trinajstić information content (AvgIpc) is 2.95. The number of rotatable bonds is 4. The third-order valence-electron chi connectivity index (χ3n) is 14.7. The van der Waals surface area contributed by atoms with Crippen LogP contribution in [0.1, 0.15) is 112 Å². The molecule has 44 heavy (non-hydrogen) atoms. The van der Waals surface area contributed by atoms with Gasteiger partial charge in [-0.05, 0) is 102 Å². The van der Waals surface area contributed by atoms with Crippen LogP contribution < -0.4 is 0 Å². The maximum absolute atomic E-state index is 13.3. The van der Waals surface area contributed by atoms with E-state index in [-0.39, 0.29) is 39.1 Å². The zero-order chi connectivity index (χ0) is 31.9. The summed E-state index contributed by atoms with van der Waals surface area (Å²) in [5.41, 5.74) is 1.05. The van der Waals surface area contributed by atoms with Crippen molar-refractivity contribution in [3.63, 3.8) is 0 Å². The summed E-state index contributed by atoms with van der Waals surface area (Å²) in [6.45, 7) is 16.3. The second-order valence-corrected chi connectivity index (χ2v) is 17.3. The zero-order valence-electron chi connectivity index (χ0n) is 28.0. The zero-order valence-corrected chi connectivity index (χ0v) is 28.0. The van der Waals surface area contributed by atoms with E-state index in [1.807, 2.05) is 30.3 Å². The molecule has 6 rings (SSSR count). The molecule has 0 heterocycles. The monoisotopic (exact) mass is 602 g/mol. The van der Waals surface area contributed by atoms with E-state index in [0.29, 0.717) is 31.1 Å². The summed E-state index contributed by atoms with van der Waals surface area (Å²) in [5.74, 6) is -0.237. The normalized spacial score (nSPS) is 43.9. The third-order valence-corrected chi connectivity index (χ3v) is 14.7. The molecule has 1 aromatic rings. The quantitative estimate of drug-likeness (QED) is 0.205. The minimum absolute atomic E-state index is 0.0705. The topological polar surface area (TPSA) is 83.8 Å². The minimum Gasteiger partial charge on any atom is -0.481 e. The highest BCUT2D eigenvalue weighted by Gasteiger charge is 2.70. The van der Waals surface area contributed by atoms with E-state index in [2.05, 4.69) is 54.5 Å². The van der Waals surface area contributed by atoms with Crippen LogP contribution in [0.4, 0.5) is 0 Å². The first-order valence-corrected chi connectivity index (χ1v) is 17.1. The second-order valence-electron chi connectivity index (χ2n) is 17.3. The number of esters is 1. The Labute approximate surface area is 264 Å². The minimum atomic E-state index is -0.934. The van der Waals surface area contributed by atoms with Gasteiger partial charge in [-0.3, -0.25) is 4.79 Å². The molecule has 0 saturated heterocycles. The summed E-state index contributed by atoms with van der Waals surface area (Å²) < 4.78 is 6.09. The summed E-state index contributed by atoms with van der Waals surface area (Å²) in [5, 5.41) is 21.9. The van der Waals surface area contributed by atoms with E-state index < -0.39 is 23.5 Å². The lowest BCUT2D eigenvalue weighted by atomic mass is 9.33. The van der Waals surface area contributed by atoms with Crippen LogP contribution in [0.5, 0.6) is 0 Å². The fourth-order valence-corrected chi connectivity index (χ4v) is 11.7. The highest BCUT2D eigenvalue weighted by atomic mass is 16.5. The number of ether oxygens (including phenoxy) is 1. The number of allylic oxidation sites excluding steroid dienone is 2. The largest absolute Gasteiger partial charge is 0.481 e. The van der Waals surface area contributed by atoms with Crippen LogP contribution in [0, 0.1) is 50.2 Å². The predicted molar refractivity (Wildman–Crippen MR) is 173 cm³/mol. The number of aliphatic carboxylic acids is 1. The summed E-state index contributed by atoms with van der Waals surface area (Å²) in [6, 6.07) is 9.67. The van der Waals surface area contributed by atoms with Gasteiger partial charge in [0.2, 0.25) is 0 Å². The molecule has 0 bridgehead atoms. The number of fused-ring (bicyclic) bond motifs is 7. The van der Waals surface area contributed by atoms with Crippen molar-refractivity contribution in [3.05, 3.63) is 53.6 Å². The highest BCUT2D eigenvalue weighted by Crippen LogP contribution is 2.75. The molecule has 2 N–H and O–H groups in total. The van der Waals surface area contributed by atoms with Crippen molar-refractivity contribution in [1.82, 2.24) is 0 Å². The van der Waals surface area contributed by atoms with Gasteiger partial charge in [-0.25, -0.2) is 4.79 Å². The van der Waals surface area contributed by atoms with Crippen LogP contribution in [-0.2, 0) is 14.3 Å². The van der Waals surface area contributed by atoms with Gasteiger partial charge in [0.25, 0.3) is 0 Å². The Balaban J connectivity index is 1.31. The number of aliphatic hydroxyl groups is 1. The summed E-state index contributed by atoms with van der Waals surface area (Å²) in [4.78, 5) is 26.4.